The molecule has 74 valence electrons. The van der Waals surface area contributed by atoms with Crippen molar-refractivity contribution in [3.8, 4) is 0 Å². The maximum atomic E-state index is 9.48. The summed E-state index contributed by atoms with van der Waals surface area (Å²) >= 11 is 0. The van der Waals surface area contributed by atoms with Crippen molar-refractivity contribution in [2.45, 2.75) is 25.2 Å². The van der Waals surface area contributed by atoms with Gasteiger partial charge >= 0.3 is 0 Å². The lowest BCUT2D eigenvalue weighted by Crippen LogP contribution is -2.40. The summed E-state index contributed by atoms with van der Waals surface area (Å²) in [6, 6.07) is 0. The Labute approximate surface area is 73.4 Å². The Morgan fingerprint density at radius 3 is 2.08 bits per heavy atom. The summed E-state index contributed by atoms with van der Waals surface area (Å²) < 4.78 is 14.9. The van der Waals surface area contributed by atoms with E-state index < -0.39 is 6.10 Å². The minimum atomic E-state index is -0.644. The molecule has 0 unspecified atom stereocenters. The lowest BCUT2D eigenvalue weighted by molar-refractivity contribution is -0.105. The molecule has 0 aliphatic carbocycles. The molecule has 1 N–H and O–H groups in total. The molecule has 0 aromatic carbocycles. The topological polar surface area (TPSA) is 47.9 Å². The van der Waals surface area contributed by atoms with E-state index >= 15 is 0 Å². The van der Waals surface area contributed by atoms with Crippen LogP contribution in [0.1, 0.15) is 6.92 Å². The first-order valence-corrected chi connectivity index (χ1v) is 3.90. The van der Waals surface area contributed by atoms with Gasteiger partial charge < -0.3 is 19.3 Å². The largest absolute Gasteiger partial charge is 0.388 e. The second-order valence-corrected chi connectivity index (χ2v) is 2.66. The Kier molecular flexibility index (Phi) is 6.28. The van der Waals surface area contributed by atoms with E-state index in [0.29, 0.717) is 0 Å². The van der Waals surface area contributed by atoms with Crippen LogP contribution in [0.5, 0.6) is 0 Å². The molecule has 0 bridgehead atoms. The van der Waals surface area contributed by atoms with Crippen molar-refractivity contribution in [3.63, 3.8) is 0 Å². The number of ether oxygens (including phenoxy) is 3. The summed E-state index contributed by atoms with van der Waals surface area (Å²) in [5.74, 6) is 0. The fraction of sp³-hybridized carbons (Fsp3) is 1.00. The average molecular weight is 178 g/mol. The molecule has 3 atom stereocenters. The normalized spacial score (nSPS) is 18.8. The van der Waals surface area contributed by atoms with E-state index in [2.05, 4.69) is 0 Å². The minimum absolute atomic E-state index is 0.139. The number of methoxy groups -OCH3 is 3. The third-order valence-corrected chi connectivity index (χ3v) is 1.82. The van der Waals surface area contributed by atoms with Crippen molar-refractivity contribution in [1.29, 1.82) is 0 Å². The van der Waals surface area contributed by atoms with Crippen molar-refractivity contribution in [2.75, 3.05) is 27.9 Å². The summed E-state index contributed by atoms with van der Waals surface area (Å²) in [6.07, 6.45) is -1.12. The van der Waals surface area contributed by atoms with Crippen molar-refractivity contribution in [3.05, 3.63) is 0 Å². The molecule has 0 amide bonds. The molecule has 0 heterocycles. The van der Waals surface area contributed by atoms with Crippen molar-refractivity contribution in [1.82, 2.24) is 0 Å². The summed E-state index contributed by atoms with van der Waals surface area (Å²) in [6.45, 7) is 2.10. The first-order chi connectivity index (χ1) is 5.67. The van der Waals surface area contributed by atoms with Gasteiger partial charge in [-0.3, -0.25) is 0 Å². The predicted octanol–water partition coefficient (Wildman–Crippen LogP) is 0.0436. The van der Waals surface area contributed by atoms with Gasteiger partial charge in [-0.25, -0.2) is 0 Å². The molecule has 0 spiro atoms. The van der Waals surface area contributed by atoms with Crippen LogP contribution in [0.4, 0.5) is 0 Å². The highest BCUT2D eigenvalue weighted by molar-refractivity contribution is 4.74. The number of aliphatic hydroxyl groups excluding tert-OH is 1. The summed E-state index contributed by atoms with van der Waals surface area (Å²) in [5.41, 5.74) is 0. The van der Waals surface area contributed by atoms with Crippen LogP contribution < -0.4 is 0 Å². The van der Waals surface area contributed by atoms with Crippen molar-refractivity contribution < 1.29 is 19.3 Å². The van der Waals surface area contributed by atoms with Crippen LogP contribution in [0, 0.1) is 0 Å². The number of rotatable bonds is 6. The van der Waals surface area contributed by atoms with Gasteiger partial charge in [0.2, 0.25) is 0 Å². The van der Waals surface area contributed by atoms with Crippen LogP contribution >= 0.6 is 0 Å². The van der Waals surface area contributed by atoms with Gasteiger partial charge in [0.05, 0.1) is 12.7 Å². The van der Waals surface area contributed by atoms with Crippen LogP contribution in [0.2, 0.25) is 0 Å². The molecule has 12 heavy (non-hydrogen) atoms. The number of hydrogen-bond acceptors (Lipinski definition) is 4. The monoisotopic (exact) mass is 178 g/mol. The molecule has 0 aliphatic rings. The second kappa shape index (κ2) is 6.37. The highest BCUT2D eigenvalue weighted by Crippen LogP contribution is 2.07. The molecular weight excluding hydrogens is 160 g/mol. The van der Waals surface area contributed by atoms with Gasteiger partial charge in [-0.1, -0.05) is 0 Å². The highest BCUT2D eigenvalue weighted by atomic mass is 16.5. The first-order valence-electron chi connectivity index (χ1n) is 3.90. The molecule has 0 saturated carbocycles. The molecular formula is C8H18O4. The quantitative estimate of drug-likeness (QED) is 0.624. The minimum Gasteiger partial charge on any atom is -0.388 e. The Morgan fingerprint density at radius 2 is 1.75 bits per heavy atom. The third kappa shape index (κ3) is 3.49. The molecule has 4 heteroatoms. The van der Waals surface area contributed by atoms with Gasteiger partial charge in [-0.05, 0) is 6.92 Å². The Bertz CT molecular complexity index is 107. The van der Waals surface area contributed by atoms with E-state index in [1.54, 1.807) is 14.2 Å². The number of aliphatic hydroxyl groups is 1. The van der Waals surface area contributed by atoms with E-state index in [4.69, 9.17) is 14.2 Å². The van der Waals surface area contributed by atoms with Crippen molar-refractivity contribution in [2.24, 2.45) is 0 Å². The molecule has 0 radical (unpaired) electrons. The summed E-state index contributed by atoms with van der Waals surface area (Å²) in [5, 5.41) is 9.48. The molecule has 0 aliphatic heterocycles. The average Bonchev–Trinajstić information content (AvgIpc) is 2.06. The van der Waals surface area contributed by atoms with Gasteiger partial charge in [0.15, 0.2) is 0 Å². The maximum Gasteiger partial charge on any atom is 0.111 e. The first kappa shape index (κ1) is 11.8. The number of hydrogen-bond donors (Lipinski definition) is 1. The van der Waals surface area contributed by atoms with E-state index in [1.807, 2.05) is 6.92 Å². The zero-order valence-corrected chi connectivity index (χ0v) is 8.11. The summed E-state index contributed by atoms with van der Waals surface area (Å²) in [4.78, 5) is 0. The Morgan fingerprint density at radius 1 is 1.17 bits per heavy atom. The van der Waals surface area contributed by atoms with Gasteiger partial charge in [0, 0.05) is 21.3 Å². The Balaban J connectivity index is 3.94. The fourth-order valence-corrected chi connectivity index (χ4v) is 1.06. The molecule has 0 fully saturated rings. The fourth-order valence-electron chi connectivity index (χ4n) is 1.06. The van der Waals surface area contributed by atoms with Crippen molar-refractivity contribution >= 4 is 0 Å². The van der Waals surface area contributed by atoms with Crippen LogP contribution in [0.3, 0.4) is 0 Å². The zero-order valence-electron chi connectivity index (χ0n) is 8.11. The van der Waals surface area contributed by atoms with Gasteiger partial charge in [0.1, 0.15) is 12.2 Å². The molecule has 0 rings (SSSR count). The predicted molar refractivity (Wildman–Crippen MR) is 45.2 cm³/mol. The Hall–Kier alpha value is -0.160. The standard InChI is InChI=1S/C8H18O4/c1-6(11-3)8(12-4)7(9)5-10-2/h6-9H,5H2,1-4H3/t6-,7+,8+/m1/s1. The van der Waals surface area contributed by atoms with E-state index in [0.717, 1.165) is 0 Å². The van der Waals surface area contributed by atoms with Crippen LogP contribution in [-0.2, 0) is 14.2 Å². The zero-order chi connectivity index (χ0) is 9.56. The lowest BCUT2D eigenvalue weighted by Gasteiger charge is -2.25. The van der Waals surface area contributed by atoms with Crippen LogP contribution in [-0.4, -0.2) is 51.4 Å². The van der Waals surface area contributed by atoms with Crippen LogP contribution in [0.25, 0.3) is 0 Å². The smallest absolute Gasteiger partial charge is 0.111 e. The van der Waals surface area contributed by atoms with Gasteiger partial charge in [0.25, 0.3) is 0 Å². The lowest BCUT2D eigenvalue weighted by atomic mass is 10.1. The second-order valence-electron chi connectivity index (χ2n) is 2.66. The maximum absolute atomic E-state index is 9.48. The molecule has 0 aromatic heterocycles. The van der Waals surface area contributed by atoms with Gasteiger partial charge in [-0.2, -0.15) is 0 Å². The molecule has 0 aromatic rings. The van der Waals surface area contributed by atoms with E-state index in [1.165, 1.54) is 7.11 Å². The molecule has 0 saturated heterocycles. The van der Waals surface area contributed by atoms with E-state index in [-0.39, 0.29) is 18.8 Å². The highest BCUT2D eigenvalue weighted by Gasteiger charge is 2.24. The molecule has 4 nitrogen and oxygen atoms in total. The summed E-state index contributed by atoms with van der Waals surface area (Å²) in [7, 11) is 4.66. The van der Waals surface area contributed by atoms with Gasteiger partial charge in [-0.15, -0.1) is 0 Å². The van der Waals surface area contributed by atoms with Crippen LogP contribution in [0.15, 0.2) is 0 Å². The SMILES string of the molecule is COC[C@H](O)[C@@H](OC)[C@@H](C)OC. The van der Waals surface area contributed by atoms with E-state index in [9.17, 15) is 5.11 Å². The third-order valence-electron chi connectivity index (χ3n) is 1.82.